The Morgan fingerprint density at radius 2 is 1.59 bits per heavy atom. The Balaban J connectivity index is 1.11. The van der Waals surface area contributed by atoms with Gasteiger partial charge in [-0.2, -0.15) is 0 Å². The molecule has 13 atom stereocenters. The molecule has 0 aromatic carbocycles. The van der Waals surface area contributed by atoms with Crippen molar-refractivity contribution in [2.24, 2.45) is 63.6 Å². The van der Waals surface area contributed by atoms with Gasteiger partial charge in [0.1, 0.15) is 0 Å². The topological polar surface area (TPSA) is 118 Å². The lowest BCUT2D eigenvalue weighted by Gasteiger charge is -2.61. The Hall–Kier alpha value is -1.31. The highest BCUT2D eigenvalue weighted by Crippen LogP contribution is 2.71. The van der Waals surface area contributed by atoms with Gasteiger partial charge >= 0.3 is 0 Å². The second-order valence-electron chi connectivity index (χ2n) is 19.5. The van der Waals surface area contributed by atoms with E-state index in [-0.39, 0.29) is 48.4 Å². The molecule has 9 aliphatic rings. The van der Waals surface area contributed by atoms with Crippen LogP contribution in [0.3, 0.4) is 0 Å². The fraction of sp³-hybridized carbons (Fsp3) is 0.837. The zero-order chi connectivity index (χ0) is 34.2. The Labute approximate surface area is 293 Å². The molecule has 6 nitrogen and oxygen atoms in total. The maximum Gasteiger partial charge on any atom is 0.159 e. The summed E-state index contributed by atoms with van der Waals surface area (Å²) < 4.78 is 0. The molecule has 5 N–H and O–H groups in total. The van der Waals surface area contributed by atoms with Crippen LogP contribution < -0.4 is 0 Å². The lowest BCUT2D eigenvalue weighted by Crippen LogP contribution is -2.63. The van der Waals surface area contributed by atoms with Gasteiger partial charge in [0.2, 0.25) is 0 Å². The number of allylic oxidation sites excluding steroid dienone is 3. The molecule has 0 aliphatic heterocycles. The van der Waals surface area contributed by atoms with Gasteiger partial charge in [0.05, 0.1) is 30.5 Å². The normalized spacial score (nSPS) is 50.1. The Morgan fingerprint density at radius 3 is 2.33 bits per heavy atom. The third-order valence-electron chi connectivity index (χ3n) is 17.5. The Morgan fingerprint density at radius 1 is 0.857 bits per heavy atom. The van der Waals surface area contributed by atoms with Gasteiger partial charge in [0.25, 0.3) is 0 Å². The van der Waals surface area contributed by atoms with Gasteiger partial charge < -0.3 is 25.5 Å². The fourth-order valence-electron chi connectivity index (χ4n) is 15.7. The van der Waals surface area contributed by atoms with E-state index in [9.17, 15) is 30.3 Å². The maximum absolute atomic E-state index is 13.8. The van der Waals surface area contributed by atoms with Crippen LogP contribution >= 0.6 is 0 Å². The minimum absolute atomic E-state index is 0.0133. The minimum atomic E-state index is -1.32. The molecule has 6 heteroatoms. The Kier molecular flexibility index (Phi) is 7.76. The van der Waals surface area contributed by atoms with E-state index in [1.807, 2.05) is 0 Å². The first-order valence-corrected chi connectivity index (χ1v) is 20.5. The fourth-order valence-corrected chi connectivity index (χ4v) is 15.7. The number of aliphatic hydroxyl groups is 5. The van der Waals surface area contributed by atoms with E-state index in [4.69, 9.17) is 0 Å². The summed E-state index contributed by atoms with van der Waals surface area (Å²) in [7, 11) is 0. The molecule has 6 fully saturated rings. The molecule has 1 spiro atoms. The van der Waals surface area contributed by atoms with Crippen molar-refractivity contribution in [2.45, 2.75) is 154 Å². The molecule has 270 valence electrons. The standard InChI is InChI=1S/C43H62O6/c1-23(2)35-25-10-7-15-41(13-4-5-14-41)38(25)26-9-6-8-24-18-27(39(48)37(35)36(24)26)28-12-17-43(49)30-19-32(45)31-20-33(46)34(47)21-40(31,3)29(30)11-16-42(28,43)22-44/h19,23-24,27-29,31,33-34,37-39,44,46-49H,4-18,20-22H2,1-3H3. The molecular weight excluding hydrogens is 612 g/mol. The number of carbonyl (C=O) groups excluding carboxylic acids is 1. The van der Waals surface area contributed by atoms with Crippen LogP contribution in [0.5, 0.6) is 0 Å². The zero-order valence-corrected chi connectivity index (χ0v) is 30.3. The summed E-state index contributed by atoms with van der Waals surface area (Å²) in [6.45, 7) is 6.66. The summed E-state index contributed by atoms with van der Waals surface area (Å²) in [6.07, 6.45) is 16.4. The van der Waals surface area contributed by atoms with Crippen molar-refractivity contribution in [1.29, 1.82) is 0 Å². The highest BCUT2D eigenvalue weighted by Gasteiger charge is 2.70. The molecule has 9 rings (SSSR count). The summed E-state index contributed by atoms with van der Waals surface area (Å²) in [6, 6.07) is 0. The number of ketones is 1. The summed E-state index contributed by atoms with van der Waals surface area (Å²) in [4.78, 5) is 13.8. The highest BCUT2D eigenvalue weighted by atomic mass is 16.3. The molecule has 9 aliphatic carbocycles. The van der Waals surface area contributed by atoms with E-state index in [0.717, 1.165) is 24.8 Å². The number of hydrogen-bond acceptors (Lipinski definition) is 6. The van der Waals surface area contributed by atoms with Crippen LogP contribution in [0.2, 0.25) is 0 Å². The van der Waals surface area contributed by atoms with Gasteiger partial charge in [-0.3, -0.25) is 4.79 Å². The van der Waals surface area contributed by atoms with Crippen LogP contribution in [0.15, 0.2) is 33.9 Å². The summed E-state index contributed by atoms with van der Waals surface area (Å²) in [5, 5.41) is 58.7. The van der Waals surface area contributed by atoms with Crippen molar-refractivity contribution < 1.29 is 30.3 Å². The van der Waals surface area contributed by atoms with Gasteiger partial charge in [0, 0.05) is 23.2 Å². The van der Waals surface area contributed by atoms with Crippen molar-refractivity contribution in [2.75, 3.05) is 6.61 Å². The maximum atomic E-state index is 13.8. The van der Waals surface area contributed by atoms with Gasteiger partial charge in [-0.25, -0.2) is 0 Å². The average Bonchev–Trinajstić information content (AvgIpc) is 3.66. The SMILES string of the molecule is CC(C)C1=C2CCCC3(CCCC3)C2C2=C3C(CCC2)CC(C2CCC4(O)C5=CC(=O)C6CC(O)C(O)CC6(C)C5CCC24CO)C(O)C13. The van der Waals surface area contributed by atoms with E-state index in [1.54, 1.807) is 28.4 Å². The summed E-state index contributed by atoms with van der Waals surface area (Å²) >= 11 is 0. The Bertz CT molecular complexity index is 1480. The quantitative estimate of drug-likeness (QED) is 0.216. The third-order valence-corrected chi connectivity index (χ3v) is 17.5. The first-order chi connectivity index (χ1) is 23.4. The number of hydrogen-bond donors (Lipinski definition) is 5. The van der Waals surface area contributed by atoms with Crippen LogP contribution in [0.1, 0.15) is 130 Å². The molecule has 0 heterocycles. The second-order valence-corrected chi connectivity index (χ2v) is 19.5. The molecule has 0 aromatic heterocycles. The van der Waals surface area contributed by atoms with Crippen molar-refractivity contribution >= 4 is 5.78 Å². The first kappa shape index (κ1) is 33.5. The molecule has 0 aromatic rings. The molecule has 13 unspecified atom stereocenters. The molecular formula is C43H62O6. The van der Waals surface area contributed by atoms with E-state index >= 15 is 0 Å². The number of aliphatic hydroxyl groups excluding tert-OH is 4. The summed E-state index contributed by atoms with van der Waals surface area (Å²) in [5.41, 5.74) is 5.13. The smallest absolute Gasteiger partial charge is 0.159 e. The predicted molar refractivity (Wildman–Crippen MR) is 188 cm³/mol. The largest absolute Gasteiger partial charge is 0.396 e. The number of rotatable bonds is 3. The van der Waals surface area contributed by atoms with Crippen molar-refractivity contribution in [3.63, 3.8) is 0 Å². The van der Waals surface area contributed by atoms with Gasteiger partial charge in [0.15, 0.2) is 5.78 Å². The van der Waals surface area contributed by atoms with Crippen LogP contribution in [0.4, 0.5) is 0 Å². The predicted octanol–water partition coefficient (Wildman–Crippen LogP) is 6.58. The number of carbonyl (C=O) groups is 1. The van der Waals surface area contributed by atoms with Gasteiger partial charge in [-0.15, -0.1) is 0 Å². The monoisotopic (exact) mass is 674 g/mol. The molecule has 0 radical (unpaired) electrons. The van der Waals surface area contributed by atoms with Crippen LogP contribution in [-0.2, 0) is 4.79 Å². The molecule has 49 heavy (non-hydrogen) atoms. The molecule has 0 bridgehead atoms. The molecule has 0 saturated heterocycles. The first-order valence-electron chi connectivity index (χ1n) is 20.5. The van der Waals surface area contributed by atoms with Crippen molar-refractivity contribution in [3.8, 4) is 0 Å². The van der Waals surface area contributed by atoms with Gasteiger partial charge in [-0.05, 0) is 148 Å². The lowest BCUT2D eigenvalue weighted by atomic mass is 9.44. The van der Waals surface area contributed by atoms with Crippen molar-refractivity contribution in [1.82, 2.24) is 0 Å². The molecule has 6 saturated carbocycles. The number of fused-ring (bicyclic) bond motifs is 8. The minimum Gasteiger partial charge on any atom is -0.396 e. The van der Waals surface area contributed by atoms with Gasteiger partial charge in [-0.1, -0.05) is 55.9 Å². The lowest BCUT2D eigenvalue weighted by molar-refractivity contribution is -0.166. The van der Waals surface area contributed by atoms with E-state index in [1.165, 1.54) is 64.2 Å². The molecule has 0 amide bonds. The van der Waals surface area contributed by atoms with Crippen LogP contribution in [-0.4, -0.2) is 61.8 Å². The third kappa shape index (κ3) is 4.28. The van der Waals surface area contributed by atoms with E-state index in [2.05, 4.69) is 20.8 Å². The van der Waals surface area contributed by atoms with Crippen LogP contribution in [0.25, 0.3) is 0 Å². The summed E-state index contributed by atoms with van der Waals surface area (Å²) in [5.74, 6) is 0.957. The van der Waals surface area contributed by atoms with E-state index in [0.29, 0.717) is 42.4 Å². The van der Waals surface area contributed by atoms with E-state index < -0.39 is 34.7 Å². The van der Waals surface area contributed by atoms with Crippen LogP contribution in [0, 0.1) is 63.6 Å². The van der Waals surface area contributed by atoms with Crippen molar-refractivity contribution in [3.05, 3.63) is 33.9 Å². The highest BCUT2D eigenvalue weighted by molar-refractivity contribution is 5.95. The second kappa shape index (κ2) is 11.3. The zero-order valence-electron chi connectivity index (χ0n) is 30.3. The average molecular weight is 675 g/mol.